The van der Waals surface area contributed by atoms with E-state index in [9.17, 15) is 4.79 Å². The van der Waals surface area contributed by atoms with Gasteiger partial charge in [-0.1, -0.05) is 57.0 Å². The number of nitrogens with one attached hydrogen (secondary N) is 2. The van der Waals surface area contributed by atoms with Crippen molar-refractivity contribution in [3.63, 3.8) is 0 Å². The van der Waals surface area contributed by atoms with Crippen LogP contribution in [0.1, 0.15) is 45.1 Å². The molecule has 0 radical (unpaired) electrons. The van der Waals surface area contributed by atoms with Crippen molar-refractivity contribution in [1.82, 2.24) is 10.6 Å². The third-order valence-corrected chi connectivity index (χ3v) is 4.92. The molecule has 1 aliphatic rings. The maximum Gasteiger partial charge on any atom is 0.230 e. The molecule has 0 unspecified atom stereocenters. The van der Waals surface area contributed by atoms with Gasteiger partial charge in [0.05, 0.1) is 5.41 Å². The summed E-state index contributed by atoms with van der Waals surface area (Å²) in [7, 11) is 0. The quantitative estimate of drug-likeness (QED) is 0.845. The second-order valence-corrected chi connectivity index (χ2v) is 6.09. The average Bonchev–Trinajstić information content (AvgIpc) is 2.57. The Morgan fingerprint density at radius 1 is 1.19 bits per heavy atom. The molecular weight excluding hydrogens is 260 g/mol. The van der Waals surface area contributed by atoms with Gasteiger partial charge in [0.1, 0.15) is 0 Å². The van der Waals surface area contributed by atoms with Crippen LogP contribution in [0.25, 0.3) is 0 Å². The fourth-order valence-electron chi connectivity index (χ4n) is 3.24. The third kappa shape index (κ3) is 3.65. The average molecular weight is 288 g/mol. The minimum Gasteiger partial charge on any atom is -0.355 e. The molecule has 3 nitrogen and oxygen atoms in total. The van der Waals surface area contributed by atoms with Crippen LogP contribution in [0.3, 0.4) is 0 Å². The lowest BCUT2D eigenvalue weighted by Gasteiger charge is -2.37. The summed E-state index contributed by atoms with van der Waals surface area (Å²) in [5.41, 5.74) is 0.812. The summed E-state index contributed by atoms with van der Waals surface area (Å²) >= 11 is 0. The van der Waals surface area contributed by atoms with Gasteiger partial charge in [0.2, 0.25) is 5.91 Å². The van der Waals surface area contributed by atoms with Crippen molar-refractivity contribution in [3.8, 4) is 0 Å². The highest BCUT2D eigenvalue weighted by atomic mass is 16.2. The first kappa shape index (κ1) is 16.0. The van der Waals surface area contributed by atoms with E-state index in [0.29, 0.717) is 5.92 Å². The Labute approximate surface area is 128 Å². The second kappa shape index (κ2) is 7.60. The van der Waals surface area contributed by atoms with Gasteiger partial charge in [-0.2, -0.15) is 0 Å². The third-order valence-electron chi connectivity index (χ3n) is 4.92. The maximum absolute atomic E-state index is 12.9. The normalized spacial score (nSPS) is 17.7. The molecule has 0 bridgehead atoms. The van der Waals surface area contributed by atoms with Gasteiger partial charge in [0, 0.05) is 6.54 Å². The molecule has 0 aliphatic carbocycles. The highest BCUT2D eigenvalue weighted by Crippen LogP contribution is 2.33. The van der Waals surface area contributed by atoms with Gasteiger partial charge in [-0.25, -0.2) is 0 Å². The van der Waals surface area contributed by atoms with Crippen LogP contribution in [-0.2, 0) is 10.2 Å². The van der Waals surface area contributed by atoms with E-state index in [-0.39, 0.29) is 11.3 Å². The van der Waals surface area contributed by atoms with E-state index < -0.39 is 0 Å². The Balaban J connectivity index is 2.14. The molecule has 1 saturated heterocycles. The summed E-state index contributed by atoms with van der Waals surface area (Å²) in [6.45, 7) is 7.00. The Morgan fingerprint density at radius 2 is 1.81 bits per heavy atom. The number of amides is 1. The molecule has 1 aliphatic heterocycles. The maximum atomic E-state index is 12.9. The van der Waals surface area contributed by atoms with Gasteiger partial charge in [0.25, 0.3) is 0 Å². The predicted molar refractivity (Wildman–Crippen MR) is 87.3 cm³/mol. The number of carbonyl (C=O) groups excluding carboxylic acids is 1. The monoisotopic (exact) mass is 288 g/mol. The van der Waals surface area contributed by atoms with Gasteiger partial charge >= 0.3 is 0 Å². The van der Waals surface area contributed by atoms with E-state index in [1.807, 2.05) is 18.2 Å². The molecule has 116 valence electrons. The van der Waals surface area contributed by atoms with Crippen LogP contribution in [0.5, 0.6) is 0 Å². The van der Waals surface area contributed by atoms with Crippen LogP contribution in [0.2, 0.25) is 0 Å². The Kier molecular flexibility index (Phi) is 5.80. The topological polar surface area (TPSA) is 41.1 Å². The number of rotatable bonds is 6. The van der Waals surface area contributed by atoms with Gasteiger partial charge in [-0.3, -0.25) is 4.79 Å². The molecule has 1 aromatic rings. The van der Waals surface area contributed by atoms with E-state index in [4.69, 9.17) is 0 Å². The number of carbonyl (C=O) groups is 1. The van der Waals surface area contributed by atoms with Crippen molar-refractivity contribution < 1.29 is 4.79 Å². The van der Waals surface area contributed by atoms with Crippen molar-refractivity contribution in [2.24, 2.45) is 5.92 Å². The van der Waals surface area contributed by atoms with Gasteiger partial charge < -0.3 is 10.6 Å². The van der Waals surface area contributed by atoms with E-state index in [2.05, 4.69) is 36.6 Å². The zero-order chi connectivity index (χ0) is 15.1. The molecule has 21 heavy (non-hydrogen) atoms. The molecule has 0 saturated carbocycles. The summed E-state index contributed by atoms with van der Waals surface area (Å²) < 4.78 is 0. The summed E-state index contributed by atoms with van der Waals surface area (Å²) in [6, 6.07) is 10.3. The fourth-order valence-corrected chi connectivity index (χ4v) is 3.24. The van der Waals surface area contributed by atoms with Crippen molar-refractivity contribution in [2.45, 2.75) is 44.9 Å². The Hall–Kier alpha value is -1.35. The minimum absolute atomic E-state index is 0.210. The minimum atomic E-state index is -0.349. The standard InChI is InChI=1S/C18H28N2O/c1-3-15(4-2)14-20-17(21)18(10-12-19-13-11-18)16-8-6-5-7-9-16/h5-9,15,19H,3-4,10-14H2,1-2H3,(H,20,21). The second-order valence-electron chi connectivity index (χ2n) is 6.09. The zero-order valence-electron chi connectivity index (χ0n) is 13.3. The molecule has 0 spiro atoms. The Bertz CT molecular complexity index is 434. The molecule has 3 heteroatoms. The first-order valence-electron chi connectivity index (χ1n) is 8.27. The zero-order valence-corrected chi connectivity index (χ0v) is 13.3. The summed E-state index contributed by atoms with van der Waals surface area (Å²) in [4.78, 5) is 12.9. The van der Waals surface area contributed by atoms with Gasteiger partial charge in [-0.15, -0.1) is 0 Å². The van der Waals surface area contributed by atoms with Crippen molar-refractivity contribution in [1.29, 1.82) is 0 Å². The highest BCUT2D eigenvalue weighted by molar-refractivity contribution is 5.88. The highest BCUT2D eigenvalue weighted by Gasteiger charge is 2.40. The lowest BCUT2D eigenvalue weighted by Crippen LogP contribution is -2.51. The Morgan fingerprint density at radius 3 is 2.38 bits per heavy atom. The molecular formula is C18H28N2O. The molecule has 1 aromatic carbocycles. The first-order chi connectivity index (χ1) is 10.2. The molecule has 2 rings (SSSR count). The lowest BCUT2D eigenvalue weighted by atomic mass is 9.72. The molecule has 2 N–H and O–H groups in total. The summed E-state index contributed by atoms with van der Waals surface area (Å²) in [5.74, 6) is 0.797. The SMILES string of the molecule is CCC(CC)CNC(=O)C1(c2ccccc2)CCNCC1. The van der Waals surface area contributed by atoms with Gasteiger partial charge in [-0.05, 0) is 37.4 Å². The number of hydrogen-bond donors (Lipinski definition) is 2. The van der Waals surface area contributed by atoms with E-state index in [1.54, 1.807) is 0 Å². The van der Waals surface area contributed by atoms with Crippen molar-refractivity contribution in [3.05, 3.63) is 35.9 Å². The molecule has 1 heterocycles. The van der Waals surface area contributed by atoms with E-state index in [0.717, 1.165) is 50.9 Å². The first-order valence-corrected chi connectivity index (χ1v) is 8.27. The van der Waals surface area contributed by atoms with Crippen molar-refractivity contribution >= 4 is 5.91 Å². The van der Waals surface area contributed by atoms with Crippen molar-refractivity contribution in [2.75, 3.05) is 19.6 Å². The van der Waals surface area contributed by atoms with Gasteiger partial charge in [0.15, 0.2) is 0 Å². The fraction of sp³-hybridized carbons (Fsp3) is 0.611. The lowest BCUT2D eigenvalue weighted by molar-refractivity contribution is -0.128. The largest absolute Gasteiger partial charge is 0.355 e. The van der Waals surface area contributed by atoms with E-state index in [1.165, 1.54) is 0 Å². The van der Waals surface area contributed by atoms with Crippen LogP contribution >= 0.6 is 0 Å². The molecule has 1 amide bonds. The molecule has 1 fully saturated rings. The van der Waals surface area contributed by atoms with Crippen LogP contribution in [0.4, 0.5) is 0 Å². The number of piperidine rings is 1. The number of hydrogen-bond acceptors (Lipinski definition) is 2. The van der Waals surface area contributed by atoms with Crippen LogP contribution < -0.4 is 10.6 Å². The van der Waals surface area contributed by atoms with Crippen LogP contribution in [-0.4, -0.2) is 25.5 Å². The molecule has 0 atom stereocenters. The summed E-state index contributed by atoms with van der Waals surface area (Å²) in [5, 5.41) is 6.60. The number of benzene rings is 1. The summed E-state index contributed by atoms with van der Waals surface area (Å²) in [6.07, 6.45) is 4.00. The van der Waals surface area contributed by atoms with Crippen LogP contribution in [0, 0.1) is 5.92 Å². The predicted octanol–water partition coefficient (Wildman–Crippen LogP) is 2.86. The van der Waals surface area contributed by atoms with E-state index >= 15 is 0 Å². The van der Waals surface area contributed by atoms with Crippen LogP contribution in [0.15, 0.2) is 30.3 Å². The smallest absolute Gasteiger partial charge is 0.230 e. The molecule has 0 aromatic heterocycles.